The van der Waals surface area contributed by atoms with Gasteiger partial charge in [0.2, 0.25) is 0 Å². The van der Waals surface area contributed by atoms with E-state index in [9.17, 15) is 43.2 Å². The maximum absolute atomic E-state index is 13.1. The molecule has 19 heteroatoms. The highest BCUT2D eigenvalue weighted by Gasteiger charge is 2.30. The molecule has 0 aromatic carbocycles. The van der Waals surface area contributed by atoms with Gasteiger partial charge in [-0.3, -0.25) is 37.3 Å². The summed E-state index contributed by atoms with van der Waals surface area (Å²) in [5, 5.41) is 10.6. The van der Waals surface area contributed by atoms with Gasteiger partial charge in [-0.1, -0.05) is 296 Å². The molecule has 0 amide bonds. The molecule has 0 aliphatic heterocycles. The highest BCUT2D eigenvalue weighted by molar-refractivity contribution is 7.47. The Morgan fingerprint density at radius 2 is 0.539 bits per heavy atom. The summed E-state index contributed by atoms with van der Waals surface area (Å²) in [6.45, 7) is 4.51. The normalized spacial score (nSPS) is 14.6. The number of ether oxygens (including phenoxy) is 4. The lowest BCUT2D eigenvalue weighted by Crippen LogP contribution is -2.30. The van der Waals surface area contributed by atoms with Crippen molar-refractivity contribution in [1.82, 2.24) is 0 Å². The number of allylic oxidation sites excluding steroid dienone is 22. The largest absolute Gasteiger partial charge is 0.472 e. The predicted octanol–water partition coefficient (Wildman–Crippen LogP) is 22.9. The number of carbonyl (C=O) groups is 4. The van der Waals surface area contributed by atoms with Crippen LogP contribution in [0.4, 0.5) is 0 Å². The Hall–Kier alpha value is -4.80. The van der Waals surface area contributed by atoms with E-state index in [1.165, 1.54) is 70.6 Å². The molecule has 102 heavy (non-hydrogen) atoms. The molecule has 5 atom stereocenters. The Labute approximate surface area is 618 Å². The first-order valence-electron chi connectivity index (χ1n) is 39.4. The number of unbranched alkanes of at least 4 members (excludes halogenated alkanes) is 25. The lowest BCUT2D eigenvalue weighted by Gasteiger charge is -2.21. The Morgan fingerprint density at radius 3 is 0.882 bits per heavy atom. The van der Waals surface area contributed by atoms with Crippen LogP contribution in [0.15, 0.2) is 134 Å². The maximum Gasteiger partial charge on any atom is 0.472 e. The number of hydrogen-bond donors (Lipinski definition) is 3. The minimum Gasteiger partial charge on any atom is -0.462 e. The van der Waals surface area contributed by atoms with E-state index < -0.39 is 97.5 Å². The number of phosphoric ester groups is 2. The Morgan fingerprint density at radius 1 is 0.284 bits per heavy atom. The molecule has 17 nitrogen and oxygen atoms in total. The van der Waals surface area contributed by atoms with Gasteiger partial charge >= 0.3 is 39.5 Å². The fourth-order valence-corrected chi connectivity index (χ4v) is 11.7. The van der Waals surface area contributed by atoms with Crippen molar-refractivity contribution in [2.24, 2.45) is 0 Å². The average Bonchev–Trinajstić information content (AvgIpc) is 0.940. The average molecular weight is 1470 g/mol. The standard InChI is InChI=1S/C83H140O17P2/c1-5-9-13-17-21-25-29-32-34-36-38-40-42-45-49-52-56-60-64-68-81(86)94-74-79(100-83(88)70-66-62-58-54-50-46-43-41-39-37-35-33-30-26-22-18-14-10-6-2)76-98-102(91,92)96-72-77(84)71-95-101(89,90)97-75-78(99-82(87)69-65-61-57-53-47-28-24-20-16-12-8-4)73-93-80(85)67-63-59-55-51-48-44-31-27-23-19-15-11-7-3/h9-10,13-14,20-22,24-26,32-35,38-41,45,49,56,60,77-79,84H,5-8,11-12,15-19,23,27-31,36-37,42-44,46-48,50-55,57-59,61-76H2,1-4H3,(H,89,90)(H,91,92)/b13-9-,14-10-,24-20-,25-21-,26-22-,34-32-,35-33-,40-38-,41-39-,49-45-,60-56-. The van der Waals surface area contributed by atoms with Crippen LogP contribution in [0.3, 0.4) is 0 Å². The minimum atomic E-state index is -5.00. The SMILES string of the molecule is CC/C=C\C/C=C\C/C=C\C/C=C\C/C=C\C/C=C\CCC(=O)OCC(COP(=O)(O)OCC(O)COP(=O)(O)OCC(COC(=O)CCCCCCCCCCCCCCC)OC(=O)CCCCCCC/C=C\CCCC)OC(=O)CCCCCCCC/C=C\C/C=C\C/C=C\C/C=C\CC. The van der Waals surface area contributed by atoms with Crippen LogP contribution in [0.2, 0.25) is 0 Å². The minimum absolute atomic E-state index is 0.0295. The second-order valence-electron chi connectivity index (χ2n) is 25.9. The fourth-order valence-electron chi connectivity index (χ4n) is 10.2. The lowest BCUT2D eigenvalue weighted by molar-refractivity contribution is -0.161. The molecule has 0 bridgehead atoms. The summed E-state index contributed by atoms with van der Waals surface area (Å²) < 4.78 is 68.4. The molecule has 0 fully saturated rings. The summed E-state index contributed by atoms with van der Waals surface area (Å²) in [5.74, 6) is -2.29. The number of carbonyl (C=O) groups excluding carboxylic acids is 4. The van der Waals surface area contributed by atoms with Crippen molar-refractivity contribution in [3.8, 4) is 0 Å². The van der Waals surface area contributed by atoms with Crippen LogP contribution in [0.1, 0.15) is 310 Å². The molecule has 0 aromatic heterocycles. The monoisotopic (exact) mass is 1470 g/mol. The highest BCUT2D eigenvalue weighted by atomic mass is 31.2. The Kier molecular flexibility index (Phi) is 71.0. The van der Waals surface area contributed by atoms with Gasteiger partial charge in [0.15, 0.2) is 12.2 Å². The van der Waals surface area contributed by atoms with E-state index in [0.29, 0.717) is 32.1 Å². The van der Waals surface area contributed by atoms with E-state index >= 15 is 0 Å². The first kappa shape index (κ1) is 97.2. The zero-order valence-electron chi connectivity index (χ0n) is 63.7. The van der Waals surface area contributed by atoms with Crippen LogP contribution in [0.5, 0.6) is 0 Å². The van der Waals surface area contributed by atoms with Crippen LogP contribution in [-0.4, -0.2) is 96.7 Å². The molecule has 0 saturated heterocycles. The van der Waals surface area contributed by atoms with Crippen molar-refractivity contribution in [3.05, 3.63) is 134 Å². The molecule has 3 N–H and O–H groups in total. The summed E-state index contributed by atoms with van der Waals surface area (Å²) >= 11 is 0. The van der Waals surface area contributed by atoms with Crippen LogP contribution in [-0.2, 0) is 65.4 Å². The second kappa shape index (κ2) is 74.5. The molecule has 0 saturated carbocycles. The van der Waals surface area contributed by atoms with Crippen LogP contribution < -0.4 is 0 Å². The van der Waals surface area contributed by atoms with Crippen molar-refractivity contribution >= 4 is 39.5 Å². The molecular weight excluding hydrogens is 1330 g/mol. The van der Waals surface area contributed by atoms with Crippen LogP contribution in [0, 0.1) is 0 Å². The molecule has 0 radical (unpaired) electrons. The van der Waals surface area contributed by atoms with E-state index in [-0.39, 0.29) is 25.7 Å². The highest BCUT2D eigenvalue weighted by Crippen LogP contribution is 2.45. The summed E-state index contributed by atoms with van der Waals surface area (Å²) in [5.41, 5.74) is 0. The van der Waals surface area contributed by atoms with Gasteiger partial charge in [0.25, 0.3) is 0 Å². The Bertz CT molecular complexity index is 2460. The number of aliphatic hydroxyl groups excluding tert-OH is 1. The zero-order chi connectivity index (χ0) is 74.6. The van der Waals surface area contributed by atoms with E-state index in [1.807, 2.05) is 18.2 Å². The number of aliphatic hydroxyl groups is 1. The van der Waals surface area contributed by atoms with Gasteiger partial charge in [-0.15, -0.1) is 0 Å². The van der Waals surface area contributed by atoms with Crippen molar-refractivity contribution in [1.29, 1.82) is 0 Å². The summed E-state index contributed by atoms with van der Waals surface area (Å²) in [4.78, 5) is 72.9. The number of rotatable bonds is 73. The second-order valence-corrected chi connectivity index (χ2v) is 28.8. The molecule has 0 aliphatic rings. The van der Waals surface area contributed by atoms with E-state index in [4.69, 9.17) is 37.0 Å². The molecular formula is C83H140O17P2. The van der Waals surface area contributed by atoms with E-state index in [0.717, 1.165) is 154 Å². The van der Waals surface area contributed by atoms with Crippen LogP contribution >= 0.6 is 15.6 Å². The van der Waals surface area contributed by atoms with Gasteiger partial charge in [-0.05, 0) is 122 Å². The topological polar surface area (TPSA) is 237 Å². The van der Waals surface area contributed by atoms with Gasteiger partial charge < -0.3 is 33.8 Å². The van der Waals surface area contributed by atoms with E-state index in [1.54, 1.807) is 0 Å². The summed E-state index contributed by atoms with van der Waals surface area (Å²) in [6, 6.07) is 0. The van der Waals surface area contributed by atoms with Crippen molar-refractivity contribution in [2.45, 2.75) is 329 Å². The summed E-state index contributed by atoms with van der Waals surface area (Å²) in [6.07, 6.45) is 83.1. The lowest BCUT2D eigenvalue weighted by atomic mass is 10.0. The van der Waals surface area contributed by atoms with E-state index in [2.05, 4.69) is 143 Å². The third-order valence-corrected chi connectivity index (χ3v) is 18.0. The number of phosphoric acid groups is 2. The van der Waals surface area contributed by atoms with Gasteiger partial charge in [-0.2, -0.15) is 0 Å². The third-order valence-electron chi connectivity index (χ3n) is 16.1. The molecule has 584 valence electrons. The van der Waals surface area contributed by atoms with Gasteiger partial charge in [-0.25, -0.2) is 9.13 Å². The maximum atomic E-state index is 13.1. The quantitative estimate of drug-likeness (QED) is 0.0169. The first-order chi connectivity index (χ1) is 49.7. The fraction of sp³-hybridized carbons (Fsp3) is 0.687. The molecule has 0 spiro atoms. The number of esters is 4. The van der Waals surface area contributed by atoms with Crippen molar-refractivity contribution < 1.29 is 80.2 Å². The van der Waals surface area contributed by atoms with Gasteiger partial charge in [0.1, 0.15) is 19.3 Å². The molecule has 5 unspecified atom stereocenters. The molecule has 0 heterocycles. The zero-order valence-corrected chi connectivity index (χ0v) is 65.5. The molecule has 0 aliphatic carbocycles. The van der Waals surface area contributed by atoms with Crippen molar-refractivity contribution in [3.63, 3.8) is 0 Å². The Balaban J connectivity index is 5.42. The number of hydrogen-bond acceptors (Lipinski definition) is 15. The van der Waals surface area contributed by atoms with Crippen LogP contribution in [0.25, 0.3) is 0 Å². The third kappa shape index (κ3) is 73.5. The van der Waals surface area contributed by atoms with Gasteiger partial charge in [0, 0.05) is 25.7 Å². The first-order valence-corrected chi connectivity index (χ1v) is 42.4. The van der Waals surface area contributed by atoms with Crippen molar-refractivity contribution in [2.75, 3.05) is 39.6 Å². The molecule has 0 aromatic rings. The van der Waals surface area contributed by atoms with Gasteiger partial charge in [0.05, 0.1) is 26.4 Å². The summed E-state index contributed by atoms with van der Waals surface area (Å²) in [7, 11) is -9.98. The molecule has 0 rings (SSSR count). The smallest absolute Gasteiger partial charge is 0.462 e. The predicted molar refractivity (Wildman–Crippen MR) is 418 cm³/mol.